The summed E-state index contributed by atoms with van der Waals surface area (Å²) in [6.45, 7) is 2.02. The highest BCUT2D eigenvalue weighted by molar-refractivity contribution is 5.91. The van der Waals surface area contributed by atoms with E-state index < -0.39 is 0 Å². The summed E-state index contributed by atoms with van der Waals surface area (Å²) in [4.78, 5) is 28.2. The maximum atomic E-state index is 11.8. The van der Waals surface area contributed by atoms with Crippen LogP contribution in [0.3, 0.4) is 0 Å². The lowest BCUT2D eigenvalue weighted by Crippen LogP contribution is -2.37. The average Bonchev–Trinajstić information content (AvgIpc) is 2.73. The minimum atomic E-state index is -0.357. The summed E-state index contributed by atoms with van der Waals surface area (Å²) < 4.78 is 0. The topological polar surface area (TPSA) is 117 Å². The van der Waals surface area contributed by atoms with E-state index in [2.05, 4.69) is 20.5 Å². The van der Waals surface area contributed by atoms with Crippen molar-refractivity contribution in [2.45, 2.75) is 6.92 Å². The van der Waals surface area contributed by atoms with E-state index in [1.165, 1.54) is 4.90 Å². The Balaban J connectivity index is 2.62. The fraction of sp³-hybridized carbons (Fsp3) is 0.556. The monoisotopic (exact) mass is 240 g/mol. The lowest BCUT2D eigenvalue weighted by atomic mass is 10.1. The van der Waals surface area contributed by atoms with Crippen molar-refractivity contribution in [2.75, 3.05) is 26.4 Å². The second-order valence-corrected chi connectivity index (χ2v) is 3.74. The van der Waals surface area contributed by atoms with Gasteiger partial charge in [0.15, 0.2) is 0 Å². The zero-order chi connectivity index (χ0) is 13.0. The van der Waals surface area contributed by atoms with Gasteiger partial charge >= 0.3 is 0 Å². The van der Waals surface area contributed by atoms with E-state index in [4.69, 9.17) is 5.73 Å². The molecule has 0 radical (unpaired) electrons. The van der Waals surface area contributed by atoms with Gasteiger partial charge in [0.05, 0.1) is 5.92 Å². The Morgan fingerprint density at radius 3 is 2.71 bits per heavy atom. The van der Waals surface area contributed by atoms with Gasteiger partial charge in [-0.05, 0) is 0 Å². The lowest BCUT2D eigenvalue weighted by molar-refractivity contribution is -0.124. The molecule has 0 saturated heterocycles. The van der Waals surface area contributed by atoms with Crippen LogP contribution in [0, 0.1) is 5.92 Å². The van der Waals surface area contributed by atoms with Gasteiger partial charge in [-0.2, -0.15) is 4.98 Å². The molecule has 17 heavy (non-hydrogen) atoms. The number of nitrogen functional groups attached to an aromatic ring is 1. The molecule has 8 nitrogen and oxygen atoms in total. The molecule has 0 bridgehead atoms. The van der Waals surface area contributed by atoms with Crippen LogP contribution in [0.25, 0.3) is 0 Å². The number of aromatic nitrogens is 3. The van der Waals surface area contributed by atoms with Crippen molar-refractivity contribution in [1.29, 1.82) is 0 Å². The van der Waals surface area contributed by atoms with Gasteiger partial charge in [0.1, 0.15) is 0 Å². The van der Waals surface area contributed by atoms with Crippen LogP contribution in [-0.4, -0.2) is 52.5 Å². The second kappa shape index (κ2) is 5.28. The van der Waals surface area contributed by atoms with Gasteiger partial charge in [-0.1, -0.05) is 6.92 Å². The van der Waals surface area contributed by atoms with E-state index in [1.54, 1.807) is 21.0 Å². The standard InChI is InChI=1S/C9H16N6O2/c1-5(7(16)11-2)4-15(3)8(17)6-12-9(10)14-13-6/h5H,4H2,1-3H3,(H,11,16)(H3,10,12,13,14). The van der Waals surface area contributed by atoms with E-state index in [9.17, 15) is 9.59 Å². The molecule has 0 aliphatic carbocycles. The highest BCUT2D eigenvalue weighted by Crippen LogP contribution is 2.03. The number of nitrogens with zero attached hydrogens (tertiary/aromatic N) is 3. The SMILES string of the molecule is CNC(=O)C(C)CN(C)C(=O)c1nc(N)n[nH]1. The van der Waals surface area contributed by atoms with E-state index in [1.807, 2.05) is 0 Å². The predicted octanol–water partition coefficient (Wildman–Crippen LogP) is -1.16. The zero-order valence-electron chi connectivity index (χ0n) is 10.0. The van der Waals surface area contributed by atoms with Gasteiger partial charge in [-0.15, -0.1) is 5.10 Å². The first-order chi connectivity index (χ1) is 7.95. The zero-order valence-corrected chi connectivity index (χ0v) is 10.0. The number of carbonyl (C=O) groups is 2. The Kier molecular flexibility index (Phi) is 4.02. The Morgan fingerprint density at radius 1 is 1.59 bits per heavy atom. The van der Waals surface area contributed by atoms with Crippen LogP contribution in [0.4, 0.5) is 5.95 Å². The predicted molar refractivity (Wildman–Crippen MR) is 61.0 cm³/mol. The number of nitrogens with one attached hydrogen (secondary N) is 2. The van der Waals surface area contributed by atoms with Gasteiger partial charge < -0.3 is 16.0 Å². The summed E-state index contributed by atoms with van der Waals surface area (Å²) in [7, 11) is 3.14. The summed E-state index contributed by atoms with van der Waals surface area (Å²) in [5.41, 5.74) is 5.30. The third-order valence-corrected chi connectivity index (χ3v) is 2.29. The van der Waals surface area contributed by atoms with Crippen molar-refractivity contribution in [3.8, 4) is 0 Å². The number of rotatable bonds is 4. The van der Waals surface area contributed by atoms with Crippen molar-refractivity contribution in [3.05, 3.63) is 5.82 Å². The fourth-order valence-electron chi connectivity index (χ4n) is 1.37. The minimum Gasteiger partial charge on any atom is -0.366 e. The van der Waals surface area contributed by atoms with Crippen molar-refractivity contribution < 1.29 is 9.59 Å². The van der Waals surface area contributed by atoms with Crippen molar-refractivity contribution in [3.63, 3.8) is 0 Å². The maximum Gasteiger partial charge on any atom is 0.291 e. The third kappa shape index (κ3) is 3.16. The Labute approximate surface area is 98.6 Å². The number of hydrogen-bond donors (Lipinski definition) is 3. The van der Waals surface area contributed by atoms with Crippen LogP contribution in [0.1, 0.15) is 17.5 Å². The molecule has 2 amide bonds. The number of nitrogens with two attached hydrogens (primary N) is 1. The maximum absolute atomic E-state index is 11.8. The molecule has 0 saturated carbocycles. The third-order valence-electron chi connectivity index (χ3n) is 2.29. The number of carbonyl (C=O) groups excluding carboxylic acids is 2. The van der Waals surface area contributed by atoms with Crippen molar-refractivity contribution in [2.24, 2.45) is 5.92 Å². The van der Waals surface area contributed by atoms with Gasteiger partial charge in [0.2, 0.25) is 17.7 Å². The molecule has 8 heteroatoms. The molecule has 0 spiro atoms. The molecule has 94 valence electrons. The number of hydrogen-bond acceptors (Lipinski definition) is 5. The summed E-state index contributed by atoms with van der Waals surface area (Å²) in [6, 6.07) is 0. The molecule has 0 aliphatic heterocycles. The van der Waals surface area contributed by atoms with Crippen molar-refractivity contribution >= 4 is 17.8 Å². The van der Waals surface area contributed by atoms with Crippen LogP contribution >= 0.6 is 0 Å². The lowest BCUT2D eigenvalue weighted by Gasteiger charge is -2.19. The Hall–Kier alpha value is -2.12. The van der Waals surface area contributed by atoms with Crippen LogP contribution in [-0.2, 0) is 4.79 Å². The molecule has 1 heterocycles. The molecule has 0 aliphatic rings. The van der Waals surface area contributed by atoms with Gasteiger partial charge in [0.25, 0.3) is 5.91 Å². The molecule has 4 N–H and O–H groups in total. The van der Waals surface area contributed by atoms with Gasteiger partial charge in [-0.25, -0.2) is 0 Å². The van der Waals surface area contributed by atoms with Crippen molar-refractivity contribution in [1.82, 2.24) is 25.4 Å². The van der Waals surface area contributed by atoms with Crippen LogP contribution in [0.5, 0.6) is 0 Å². The number of amides is 2. The Bertz CT molecular complexity index is 415. The molecule has 1 atom stereocenters. The van der Waals surface area contributed by atoms with Gasteiger partial charge in [-0.3, -0.25) is 14.7 Å². The number of H-pyrrole nitrogens is 1. The molecule has 1 aromatic heterocycles. The average molecular weight is 240 g/mol. The molecule has 1 unspecified atom stereocenters. The number of anilines is 1. The molecule has 1 aromatic rings. The van der Waals surface area contributed by atoms with E-state index in [0.717, 1.165) is 0 Å². The smallest absolute Gasteiger partial charge is 0.291 e. The molecule has 0 fully saturated rings. The van der Waals surface area contributed by atoms with Crippen LogP contribution in [0.15, 0.2) is 0 Å². The molecular formula is C9H16N6O2. The molecule has 1 rings (SSSR count). The summed E-state index contributed by atoms with van der Waals surface area (Å²) in [5.74, 6) is -0.698. The normalized spacial score (nSPS) is 11.9. The van der Waals surface area contributed by atoms with E-state index in [-0.39, 0.29) is 29.5 Å². The first-order valence-corrected chi connectivity index (χ1v) is 5.10. The first kappa shape index (κ1) is 12.9. The van der Waals surface area contributed by atoms with E-state index >= 15 is 0 Å². The second-order valence-electron chi connectivity index (χ2n) is 3.74. The minimum absolute atomic E-state index is 0.0149. The number of aromatic amines is 1. The highest BCUT2D eigenvalue weighted by atomic mass is 16.2. The Morgan fingerprint density at radius 2 is 2.24 bits per heavy atom. The van der Waals surface area contributed by atoms with Crippen LogP contribution in [0.2, 0.25) is 0 Å². The summed E-state index contributed by atoms with van der Waals surface area (Å²) >= 11 is 0. The largest absolute Gasteiger partial charge is 0.366 e. The van der Waals surface area contributed by atoms with Gasteiger partial charge in [0, 0.05) is 20.6 Å². The summed E-state index contributed by atoms with van der Waals surface area (Å²) in [6.07, 6.45) is 0. The first-order valence-electron chi connectivity index (χ1n) is 5.10. The van der Waals surface area contributed by atoms with E-state index in [0.29, 0.717) is 6.54 Å². The quantitative estimate of drug-likeness (QED) is 0.613. The molecular weight excluding hydrogens is 224 g/mol. The highest BCUT2D eigenvalue weighted by Gasteiger charge is 2.20. The van der Waals surface area contributed by atoms with Crippen LogP contribution < -0.4 is 11.1 Å². The fourth-order valence-corrected chi connectivity index (χ4v) is 1.37. The summed E-state index contributed by atoms with van der Waals surface area (Å²) in [5, 5.41) is 8.51. The molecule has 0 aromatic carbocycles.